The summed E-state index contributed by atoms with van der Waals surface area (Å²) >= 11 is 5.83. The number of carboxylic acid groups (broad SMARTS) is 1. The topological polar surface area (TPSA) is 119 Å². The molecule has 3 aromatic heterocycles. The van der Waals surface area contributed by atoms with Gasteiger partial charge in [0.05, 0.1) is 13.2 Å². The highest BCUT2D eigenvalue weighted by atomic mass is 35.5. The summed E-state index contributed by atoms with van der Waals surface area (Å²) in [6, 6.07) is 9.64. The number of aromatic nitrogens is 5. The standard InChI is InChI=1S/C28H27ClFN7O4/c1-40-9-8-37-25(32-22-4-5-23(27(38)39)33-26(22)37)15-35-11-18-13-36(14-19(18)12-35)24-6-7-31-28(34-24)41-16-17-2-3-20(29)10-21(17)30/h2-7,10H,8-9,11-16H2,1H3,(H,38,39). The third-order valence-corrected chi connectivity index (χ3v) is 7.42. The lowest BCUT2D eigenvalue weighted by Gasteiger charge is -2.23. The van der Waals surface area contributed by atoms with Crippen LogP contribution in [0, 0.1) is 5.82 Å². The highest BCUT2D eigenvalue weighted by Crippen LogP contribution is 2.30. The SMILES string of the molecule is COCCn1c(CN2CC3=C(C2)CN(c2ccnc(OCc4ccc(Cl)cc4F)n2)C3)nc2ccc(C(=O)O)nc21. The lowest BCUT2D eigenvalue weighted by molar-refractivity contribution is 0.0691. The molecule has 0 unspecified atom stereocenters. The molecule has 13 heteroatoms. The number of imidazole rings is 1. The van der Waals surface area contributed by atoms with Gasteiger partial charge >= 0.3 is 12.0 Å². The van der Waals surface area contributed by atoms with Gasteiger partial charge in [-0.15, -0.1) is 0 Å². The van der Waals surface area contributed by atoms with Crippen LogP contribution in [0.25, 0.3) is 11.2 Å². The van der Waals surface area contributed by atoms with Crippen LogP contribution in [-0.2, 0) is 24.4 Å². The predicted octanol–water partition coefficient (Wildman–Crippen LogP) is 3.57. The second kappa shape index (κ2) is 11.4. The van der Waals surface area contributed by atoms with Gasteiger partial charge in [-0.1, -0.05) is 17.7 Å². The van der Waals surface area contributed by atoms with E-state index in [2.05, 4.69) is 24.8 Å². The number of methoxy groups -OCH3 is 1. The number of hydrogen-bond acceptors (Lipinski definition) is 9. The van der Waals surface area contributed by atoms with Crippen molar-refractivity contribution >= 4 is 34.6 Å². The number of benzene rings is 1. The van der Waals surface area contributed by atoms with E-state index >= 15 is 0 Å². The molecule has 1 aromatic carbocycles. The van der Waals surface area contributed by atoms with Crippen LogP contribution in [-0.4, -0.2) is 80.4 Å². The van der Waals surface area contributed by atoms with Crippen molar-refractivity contribution in [2.24, 2.45) is 0 Å². The Balaban J connectivity index is 1.10. The molecule has 4 aromatic rings. The van der Waals surface area contributed by atoms with Gasteiger partial charge in [-0.2, -0.15) is 4.98 Å². The Morgan fingerprint density at radius 2 is 1.88 bits per heavy atom. The number of ether oxygens (including phenoxy) is 2. The summed E-state index contributed by atoms with van der Waals surface area (Å²) in [5.74, 6) is 0.0541. The third kappa shape index (κ3) is 5.71. The monoisotopic (exact) mass is 579 g/mol. The lowest BCUT2D eigenvalue weighted by atomic mass is 10.2. The third-order valence-electron chi connectivity index (χ3n) is 7.18. The van der Waals surface area contributed by atoms with E-state index in [0.717, 1.165) is 37.8 Å². The number of nitrogens with zero attached hydrogens (tertiary/aromatic N) is 7. The second-order valence-electron chi connectivity index (χ2n) is 9.95. The summed E-state index contributed by atoms with van der Waals surface area (Å²) in [5, 5.41) is 9.71. The second-order valence-corrected chi connectivity index (χ2v) is 10.4. The van der Waals surface area contributed by atoms with Crippen LogP contribution >= 0.6 is 11.6 Å². The number of fused-ring (bicyclic) bond motifs is 1. The van der Waals surface area contributed by atoms with Gasteiger partial charge in [-0.25, -0.2) is 24.1 Å². The van der Waals surface area contributed by atoms with Crippen molar-refractivity contribution in [1.29, 1.82) is 0 Å². The first-order valence-corrected chi connectivity index (χ1v) is 13.4. The maximum atomic E-state index is 14.1. The molecule has 0 bridgehead atoms. The fourth-order valence-electron chi connectivity index (χ4n) is 5.20. The summed E-state index contributed by atoms with van der Waals surface area (Å²) < 4.78 is 27.0. The molecule has 0 saturated carbocycles. The smallest absolute Gasteiger partial charge is 0.354 e. The molecule has 6 rings (SSSR count). The molecule has 0 fully saturated rings. The Labute approximate surface area is 239 Å². The Morgan fingerprint density at radius 1 is 1.07 bits per heavy atom. The van der Waals surface area contributed by atoms with E-state index in [0.29, 0.717) is 41.4 Å². The Hall–Kier alpha value is -4.13. The minimum absolute atomic E-state index is 0.00153. The number of hydrogen-bond donors (Lipinski definition) is 1. The number of aromatic carboxylic acids is 1. The van der Waals surface area contributed by atoms with Gasteiger partial charge in [0, 0.05) is 56.6 Å². The average Bonchev–Trinajstić information content (AvgIpc) is 3.62. The maximum absolute atomic E-state index is 14.1. The molecule has 41 heavy (non-hydrogen) atoms. The van der Waals surface area contributed by atoms with Gasteiger partial charge in [0.25, 0.3) is 0 Å². The highest BCUT2D eigenvalue weighted by Gasteiger charge is 2.31. The van der Waals surface area contributed by atoms with E-state index in [1.54, 1.807) is 31.5 Å². The van der Waals surface area contributed by atoms with E-state index in [9.17, 15) is 14.3 Å². The van der Waals surface area contributed by atoms with Crippen molar-refractivity contribution < 1.29 is 23.8 Å². The molecule has 0 saturated heterocycles. The van der Waals surface area contributed by atoms with Crippen molar-refractivity contribution in [3.63, 3.8) is 0 Å². The summed E-state index contributed by atoms with van der Waals surface area (Å²) in [4.78, 5) is 33.8. The number of rotatable bonds is 10. The minimum atomic E-state index is -1.07. The van der Waals surface area contributed by atoms with Crippen LogP contribution in [0.15, 0.2) is 53.7 Å². The molecule has 1 N–H and O–H groups in total. The van der Waals surface area contributed by atoms with Crippen molar-refractivity contribution in [1.82, 2.24) is 29.4 Å². The van der Waals surface area contributed by atoms with Crippen LogP contribution in [0.1, 0.15) is 21.9 Å². The zero-order valence-electron chi connectivity index (χ0n) is 22.3. The van der Waals surface area contributed by atoms with E-state index in [-0.39, 0.29) is 18.3 Å². The number of pyridine rings is 1. The van der Waals surface area contributed by atoms with E-state index in [1.807, 2.05) is 10.6 Å². The molecule has 5 heterocycles. The van der Waals surface area contributed by atoms with Crippen LogP contribution in [0.3, 0.4) is 0 Å². The first-order valence-electron chi connectivity index (χ1n) is 13.0. The Bertz CT molecular complexity index is 1640. The molecule has 0 aliphatic carbocycles. The summed E-state index contributed by atoms with van der Waals surface area (Å²) in [6.45, 7) is 4.63. The first-order chi connectivity index (χ1) is 19.9. The van der Waals surface area contributed by atoms with Crippen molar-refractivity contribution in [2.75, 3.05) is 44.8 Å². The Morgan fingerprint density at radius 3 is 2.61 bits per heavy atom. The molecular formula is C28H27ClFN7O4. The maximum Gasteiger partial charge on any atom is 0.354 e. The summed E-state index contributed by atoms with van der Waals surface area (Å²) in [6.07, 6.45) is 1.64. The zero-order chi connectivity index (χ0) is 28.5. The van der Waals surface area contributed by atoms with E-state index in [1.165, 1.54) is 23.3 Å². The van der Waals surface area contributed by atoms with E-state index in [4.69, 9.17) is 26.1 Å². The van der Waals surface area contributed by atoms with Crippen molar-refractivity contribution in [3.8, 4) is 6.01 Å². The van der Waals surface area contributed by atoms with Gasteiger partial charge in [-0.3, -0.25) is 4.90 Å². The van der Waals surface area contributed by atoms with E-state index < -0.39 is 11.8 Å². The fraction of sp³-hybridized carbons (Fsp3) is 0.321. The van der Waals surface area contributed by atoms with Gasteiger partial charge in [0.1, 0.15) is 29.6 Å². The van der Waals surface area contributed by atoms with Gasteiger partial charge in [0.15, 0.2) is 11.3 Å². The normalized spacial score (nSPS) is 15.2. The van der Waals surface area contributed by atoms with Gasteiger partial charge in [-0.05, 0) is 41.5 Å². The molecule has 2 aliphatic rings. The fourth-order valence-corrected chi connectivity index (χ4v) is 5.36. The zero-order valence-corrected chi connectivity index (χ0v) is 23.0. The minimum Gasteiger partial charge on any atom is -0.477 e. The number of carboxylic acids is 1. The summed E-state index contributed by atoms with van der Waals surface area (Å²) in [5.41, 5.74) is 4.23. The van der Waals surface area contributed by atoms with Crippen LogP contribution in [0.4, 0.5) is 10.2 Å². The quantitative estimate of drug-likeness (QED) is 0.279. The van der Waals surface area contributed by atoms with Gasteiger partial charge < -0.3 is 24.0 Å². The molecule has 0 spiro atoms. The van der Waals surface area contributed by atoms with Gasteiger partial charge in [0.2, 0.25) is 0 Å². The molecule has 11 nitrogen and oxygen atoms in total. The van der Waals surface area contributed by atoms with Crippen LogP contribution < -0.4 is 9.64 Å². The molecule has 0 atom stereocenters. The number of halogens is 2. The molecule has 2 aliphatic heterocycles. The number of anilines is 1. The lowest BCUT2D eigenvalue weighted by Crippen LogP contribution is -2.31. The largest absolute Gasteiger partial charge is 0.477 e. The predicted molar refractivity (Wildman–Crippen MR) is 149 cm³/mol. The van der Waals surface area contributed by atoms with Crippen molar-refractivity contribution in [3.05, 3.63) is 81.7 Å². The Kier molecular flexibility index (Phi) is 7.52. The molecular weight excluding hydrogens is 553 g/mol. The average molecular weight is 580 g/mol. The number of carbonyl (C=O) groups is 1. The molecule has 0 radical (unpaired) electrons. The van der Waals surface area contributed by atoms with Crippen LogP contribution in [0.2, 0.25) is 5.02 Å². The first kappa shape index (κ1) is 27.1. The molecule has 0 amide bonds. The summed E-state index contributed by atoms with van der Waals surface area (Å²) in [7, 11) is 1.63. The van der Waals surface area contributed by atoms with Crippen molar-refractivity contribution in [2.45, 2.75) is 19.7 Å². The highest BCUT2D eigenvalue weighted by molar-refractivity contribution is 6.30. The van der Waals surface area contributed by atoms with Crippen LogP contribution in [0.5, 0.6) is 6.01 Å². The molecule has 212 valence electrons.